The van der Waals surface area contributed by atoms with Crippen LogP contribution in [0, 0.1) is 11.3 Å². The zero-order chi connectivity index (χ0) is 21.2. The van der Waals surface area contributed by atoms with Gasteiger partial charge in [-0.1, -0.05) is 30.3 Å². The summed E-state index contributed by atoms with van der Waals surface area (Å²) in [5.41, 5.74) is 2.96. The Morgan fingerprint density at radius 2 is 2.06 bits per heavy atom. The highest BCUT2D eigenvalue weighted by Gasteiger charge is 2.26. The van der Waals surface area contributed by atoms with Gasteiger partial charge in [0.05, 0.1) is 17.7 Å². The summed E-state index contributed by atoms with van der Waals surface area (Å²) in [7, 11) is 0. The topological polar surface area (TPSA) is 89.2 Å². The van der Waals surface area contributed by atoms with E-state index in [1.807, 2.05) is 24.3 Å². The maximum atomic E-state index is 12.9. The van der Waals surface area contributed by atoms with Crippen LogP contribution in [0.2, 0.25) is 0 Å². The zero-order valence-electron chi connectivity index (χ0n) is 17.0. The SMILES string of the molecule is N#Cc1ccc2c(c1)C[C@@H](NC(=O)c1cc3n(n1)CCCC(c1ccccc1)O3)CO2. The van der Waals surface area contributed by atoms with Gasteiger partial charge in [-0.2, -0.15) is 10.4 Å². The van der Waals surface area contributed by atoms with E-state index in [4.69, 9.17) is 14.7 Å². The number of ether oxygens (including phenoxy) is 2. The van der Waals surface area contributed by atoms with E-state index in [0.29, 0.717) is 36.7 Å². The quantitative estimate of drug-likeness (QED) is 0.710. The average molecular weight is 414 g/mol. The Kier molecular flexibility index (Phi) is 5.04. The molecule has 0 aliphatic carbocycles. The fourth-order valence-electron chi connectivity index (χ4n) is 4.12. The summed E-state index contributed by atoms with van der Waals surface area (Å²) in [5, 5.41) is 16.6. The minimum atomic E-state index is -0.256. The van der Waals surface area contributed by atoms with Crippen LogP contribution in [0.4, 0.5) is 0 Å². The summed E-state index contributed by atoms with van der Waals surface area (Å²) in [6, 6.07) is 19.1. The molecule has 2 aromatic carbocycles. The molecule has 0 saturated heterocycles. The van der Waals surface area contributed by atoms with Crippen LogP contribution in [0.15, 0.2) is 54.6 Å². The maximum Gasteiger partial charge on any atom is 0.272 e. The number of nitriles is 1. The van der Waals surface area contributed by atoms with Crippen LogP contribution in [0.5, 0.6) is 11.6 Å². The first kappa shape index (κ1) is 19.2. The molecule has 0 saturated carbocycles. The molecule has 31 heavy (non-hydrogen) atoms. The van der Waals surface area contributed by atoms with Crippen LogP contribution in [0.25, 0.3) is 0 Å². The molecular formula is C24H22N4O3. The van der Waals surface area contributed by atoms with Crippen LogP contribution in [-0.2, 0) is 13.0 Å². The standard InChI is InChI=1S/C24H22N4O3/c25-14-16-8-9-21-18(11-16)12-19(15-30-21)26-24(29)20-13-23-28(27-20)10-4-7-22(31-23)17-5-2-1-3-6-17/h1-3,5-6,8-9,11,13,19,22H,4,7,10,12,15H2,(H,26,29)/t19-,22?/m1/s1. The Hall–Kier alpha value is -3.79. The highest BCUT2D eigenvalue weighted by atomic mass is 16.5. The van der Waals surface area contributed by atoms with Gasteiger partial charge in [0, 0.05) is 12.6 Å². The van der Waals surface area contributed by atoms with Crippen LogP contribution >= 0.6 is 0 Å². The molecular weight excluding hydrogens is 392 g/mol. The predicted octanol–water partition coefficient (Wildman–Crippen LogP) is 3.40. The van der Waals surface area contributed by atoms with Crippen LogP contribution in [0.3, 0.4) is 0 Å². The maximum absolute atomic E-state index is 12.9. The van der Waals surface area contributed by atoms with Crippen LogP contribution < -0.4 is 14.8 Å². The summed E-state index contributed by atoms with van der Waals surface area (Å²) >= 11 is 0. The second kappa shape index (κ2) is 8.15. The number of aryl methyl sites for hydroxylation is 1. The molecule has 7 heteroatoms. The van der Waals surface area contributed by atoms with Gasteiger partial charge >= 0.3 is 0 Å². The molecule has 0 radical (unpaired) electrons. The summed E-state index contributed by atoms with van der Waals surface area (Å²) < 4.78 is 13.7. The fraction of sp³-hybridized carbons (Fsp3) is 0.292. The van der Waals surface area contributed by atoms with Gasteiger partial charge in [-0.3, -0.25) is 4.79 Å². The van der Waals surface area contributed by atoms with Crippen molar-refractivity contribution in [3.8, 4) is 17.7 Å². The lowest BCUT2D eigenvalue weighted by Crippen LogP contribution is -2.42. The molecule has 1 unspecified atom stereocenters. The molecule has 3 heterocycles. The van der Waals surface area contributed by atoms with Crippen LogP contribution in [-0.4, -0.2) is 28.3 Å². The third-order valence-electron chi connectivity index (χ3n) is 5.68. The van der Waals surface area contributed by atoms with Gasteiger partial charge in [0.25, 0.3) is 5.91 Å². The van der Waals surface area contributed by atoms with E-state index in [9.17, 15) is 4.79 Å². The number of hydrogen-bond acceptors (Lipinski definition) is 5. The van der Waals surface area contributed by atoms with Crippen molar-refractivity contribution in [1.82, 2.24) is 15.1 Å². The normalized spacial score (nSPS) is 19.6. The lowest BCUT2D eigenvalue weighted by molar-refractivity contribution is 0.0909. The summed E-state index contributed by atoms with van der Waals surface area (Å²) in [6.07, 6.45) is 2.38. The molecule has 2 aliphatic rings. The number of benzene rings is 2. The summed E-state index contributed by atoms with van der Waals surface area (Å²) in [6.45, 7) is 1.09. The lowest BCUT2D eigenvalue weighted by Gasteiger charge is -2.26. The van der Waals surface area contributed by atoms with Gasteiger partial charge < -0.3 is 14.8 Å². The molecule has 7 nitrogen and oxygen atoms in total. The molecule has 0 bridgehead atoms. The van der Waals surface area contributed by atoms with Gasteiger partial charge in [-0.05, 0) is 48.6 Å². The highest BCUT2D eigenvalue weighted by Crippen LogP contribution is 2.30. The summed E-state index contributed by atoms with van der Waals surface area (Å²) in [4.78, 5) is 12.9. The highest BCUT2D eigenvalue weighted by molar-refractivity contribution is 5.92. The van der Waals surface area contributed by atoms with E-state index >= 15 is 0 Å². The Bertz CT molecular complexity index is 1150. The number of nitrogens with zero attached hydrogens (tertiary/aromatic N) is 3. The average Bonchev–Trinajstić information content (AvgIpc) is 3.10. The fourth-order valence-corrected chi connectivity index (χ4v) is 4.12. The van der Waals surface area contributed by atoms with E-state index in [2.05, 4.69) is 28.6 Å². The molecule has 0 fully saturated rings. The second-order valence-corrected chi connectivity index (χ2v) is 7.87. The Morgan fingerprint density at radius 1 is 1.19 bits per heavy atom. The minimum Gasteiger partial charge on any atom is -0.491 e. The second-order valence-electron chi connectivity index (χ2n) is 7.87. The van der Waals surface area contributed by atoms with E-state index in [-0.39, 0.29) is 18.1 Å². The van der Waals surface area contributed by atoms with Crippen molar-refractivity contribution in [2.45, 2.75) is 38.0 Å². The number of fused-ring (bicyclic) bond motifs is 2. The molecule has 0 spiro atoms. The van der Waals surface area contributed by atoms with E-state index in [1.54, 1.807) is 22.9 Å². The molecule has 5 rings (SSSR count). The molecule has 1 N–H and O–H groups in total. The van der Waals surface area contributed by atoms with Crippen molar-refractivity contribution >= 4 is 5.91 Å². The molecule has 3 aromatic rings. The molecule has 1 amide bonds. The number of aromatic nitrogens is 2. The monoisotopic (exact) mass is 414 g/mol. The zero-order valence-corrected chi connectivity index (χ0v) is 17.0. The van der Waals surface area contributed by atoms with Gasteiger partial charge in [0.1, 0.15) is 18.5 Å². The van der Waals surface area contributed by atoms with Crippen molar-refractivity contribution in [2.75, 3.05) is 6.61 Å². The minimum absolute atomic E-state index is 0.0485. The largest absolute Gasteiger partial charge is 0.491 e. The number of amides is 1. The number of carbonyl (C=O) groups excluding carboxylic acids is 1. The number of nitrogens with one attached hydrogen (secondary N) is 1. The Labute approximate surface area is 180 Å². The van der Waals surface area contributed by atoms with Crippen molar-refractivity contribution in [3.63, 3.8) is 0 Å². The van der Waals surface area contributed by atoms with Crippen molar-refractivity contribution in [1.29, 1.82) is 5.26 Å². The third kappa shape index (κ3) is 3.97. The first-order valence-corrected chi connectivity index (χ1v) is 10.5. The van der Waals surface area contributed by atoms with Crippen molar-refractivity contribution in [2.24, 2.45) is 0 Å². The molecule has 2 atom stereocenters. The lowest BCUT2D eigenvalue weighted by atomic mass is 10.0. The molecule has 156 valence electrons. The van der Waals surface area contributed by atoms with Crippen LogP contribution in [0.1, 0.15) is 46.1 Å². The predicted molar refractivity (Wildman–Crippen MR) is 113 cm³/mol. The summed E-state index contributed by atoms with van der Waals surface area (Å²) in [5.74, 6) is 1.12. The number of carbonyl (C=O) groups is 1. The smallest absolute Gasteiger partial charge is 0.272 e. The third-order valence-corrected chi connectivity index (χ3v) is 5.68. The van der Waals surface area contributed by atoms with E-state index < -0.39 is 0 Å². The van der Waals surface area contributed by atoms with E-state index in [1.165, 1.54) is 0 Å². The number of rotatable bonds is 3. The van der Waals surface area contributed by atoms with Gasteiger partial charge in [-0.25, -0.2) is 4.68 Å². The van der Waals surface area contributed by atoms with E-state index in [0.717, 1.165) is 29.7 Å². The van der Waals surface area contributed by atoms with Crippen molar-refractivity contribution < 1.29 is 14.3 Å². The molecule has 2 aliphatic heterocycles. The first-order valence-electron chi connectivity index (χ1n) is 10.5. The van der Waals surface area contributed by atoms with Gasteiger partial charge in [0.15, 0.2) is 5.69 Å². The van der Waals surface area contributed by atoms with Gasteiger partial charge in [-0.15, -0.1) is 0 Å². The Morgan fingerprint density at radius 3 is 2.90 bits per heavy atom. The van der Waals surface area contributed by atoms with Crippen molar-refractivity contribution in [3.05, 3.63) is 77.0 Å². The number of hydrogen-bond donors (Lipinski definition) is 1. The van der Waals surface area contributed by atoms with Gasteiger partial charge in [0.2, 0.25) is 5.88 Å². The first-order chi connectivity index (χ1) is 15.2. The Balaban J connectivity index is 1.29. The molecule has 1 aromatic heterocycles.